The lowest BCUT2D eigenvalue weighted by molar-refractivity contribution is -0.141. The summed E-state index contributed by atoms with van der Waals surface area (Å²) < 4.78 is 68.1. The molecule has 0 fully saturated rings. The summed E-state index contributed by atoms with van der Waals surface area (Å²) >= 11 is 0. The molecule has 0 aliphatic carbocycles. The van der Waals surface area contributed by atoms with Gasteiger partial charge in [0.15, 0.2) is 0 Å². The molecule has 0 atom stereocenters. The van der Waals surface area contributed by atoms with Crippen LogP contribution < -0.4 is 0 Å². The van der Waals surface area contributed by atoms with E-state index in [0.717, 1.165) is 7.11 Å². The number of esters is 1. The van der Waals surface area contributed by atoms with Crippen molar-refractivity contribution < 1.29 is 31.5 Å². The molecule has 0 radical (unpaired) electrons. The van der Waals surface area contributed by atoms with Crippen molar-refractivity contribution in [3.8, 4) is 6.07 Å². The Bertz CT molecular complexity index is 563. The van der Waals surface area contributed by atoms with Crippen LogP contribution in [-0.4, -0.2) is 18.1 Å². The maximum Gasteiger partial charge on any atom is 0.417 e. The van der Waals surface area contributed by atoms with Gasteiger partial charge in [0.2, 0.25) is 0 Å². The minimum atomic E-state index is -5.09. The van der Waals surface area contributed by atoms with E-state index in [1.54, 1.807) is 0 Å². The molecule has 0 N–H and O–H groups in total. The number of rotatable bonds is 3. The highest BCUT2D eigenvalue weighted by molar-refractivity contribution is 5.72. The number of pyridine rings is 1. The fraction of sp³-hybridized carbons (Fsp3) is 0.364. The lowest BCUT2D eigenvalue weighted by atomic mass is 10.0. The van der Waals surface area contributed by atoms with Gasteiger partial charge in [-0.25, -0.2) is 13.8 Å². The molecular formula is C11H7F5N2O2. The molecule has 108 valence electrons. The molecule has 0 aliphatic rings. The molecule has 20 heavy (non-hydrogen) atoms. The van der Waals surface area contributed by atoms with Gasteiger partial charge in [-0.05, 0) is 6.07 Å². The zero-order chi connectivity index (χ0) is 15.5. The molecule has 0 unspecified atom stereocenters. The van der Waals surface area contributed by atoms with Crippen molar-refractivity contribution in [2.75, 3.05) is 7.11 Å². The highest BCUT2D eigenvalue weighted by atomic mass is 19.4. The normalized spacial score (nSPS) is 11.3. The molecule has 1 aromatic rings. The van der Waals surface area contributed by atoms with E-state index in [0.29, 0.717) is 0 Å². The van der Waals surface area contributed by atoms with Crippen molar-refractivity contribution in [1.82, 2.24) is 4.98 Å². The Morgan fingerprint density at radius 1 is 1.50 bits per heavy atom. The van der Waals surface area contributed by atoms with Crippen LogP contribution in [0.25, 0.3) is 0 Å². The van der Waals surface area contributed by atoms with Gasteiger partial charge < -0.3 is 4.74 Å². The number of hydrogen-bond acceptors (Lipinski definition) is 4. The Balaban J connectivity index is 3.55. The smallest absolute Gasteiger partial charge is 0.417 e. The van der Waals surface area contributed by atoms with Crippen LogP contribution in [-0.2, 0) is 22.1 Å². The van der Waals surface area contributed by atoms with E-state index in [9.17, 15) is 26.7 Å². The standard InChI is InChI=1S/C11H7F5N2O2/c1-20-8(19)3-7-9(10(12)13)6(11(14,15)16)2-5(4-17)18-7/h2,10H,3H2,1H3. The van der Waals surface area contributed by atoms with Gasteiger partial charge in [0, 0.05) is 0 Å². The molecule has 1 heterocycles. The van der Waals surface area contributed by atoms with Gasteiger partial charge >= 0.3 is 12.1 Å². The molecule has 0 aromatic carbocycles. The number of aromatic nitrogens is 1. The topological polar surface area (TPSA) is 63.0 Å². The van der Waals surface area contributed by atoms with E-state index in [-0.39, 0.29) is 6.07 Å². The van der Waals surface area contributed by atoms with E-state index in [1.165, 1.54) is 6.07 Å². The fourth-order valence-electron chi connectivity index (χ4n) is 1.49. The van der Waals surface area contributed by atoms with Gasteiger partial charge in [0.05, 0.1) is 30.4 Å². The minimum Gasteiger partial charge on any atom is -0.469 e. The molecule has 1 rings (SSSR count). The average Bonchev–Trinajstić information content (AvgIpc) is 2.36. The summed E-state index contributed by atoms with van der Waals surface area (Å²) in [5.41, 5.74) is -4.63. The van der Waals surface area contributed by atoms with Gasteiger partial charge in [0.1, 0.15) is 11.8 Å². The van der Waals surface area contributed by atoms with E-state index >= 15 is 0 Å². The Hall–Kier alpha value is -2.24. The number of ether oxygens (including phenoxy) is 1. The van der Waals surface area contributed by atoms with Crippen LogP contribution >= 0.6 is 0 Å². The first-order valence-electron chi connectivity index (χ1n) is 5.06. The summed E-state index contributed by atoms with van der Waals surface area (Å²) in [5, 5.41) is 8.59. The molecule has 0 bridgehead atoms. The van der Waals surface area contributed by atoms with E-state index < -0.39 is 47.5 Å². The van der Waals surface area contributed by atoms with Crippen LogP contribution in [0.15, 0.2) is 6.07 Å². The third-order valence-electron chi connectivity index (χ3n) is 2.32. The summed E-state index contributed by atoms with van der Waals surface area (Å²) in [7, 11) is 0.948. The van der Waals surface area contributed by atoms with Crippen LogP contribution in [0.3, 0.4) is 0 Å². The number of alkyl halides is 5. The molecule has 0 saturated carbocycles. The Kier molecular flexibility index (Phi) is 4.60. The lowest BCUT2D eigenvalue weighted by Crippen LogP contribution is -2.17. The summed E-state index contributed by atoms with van der Waals surface area (Å²) in [6.45, 7) is 0. The highest BCUT2D eigenvalue weighted by Crippen LogP contribution is 2.38. The number of carbonyl (C=O) groups excluding carboxylic acids is 1. The fourth-order valence-corrected chi connectivity index (χ4v) is 1.49. The van der Waals surface area contributed by atoms with Crippen LogP contribution in [0.1, 0.15) is 28.9 Å². The summed E-state index contributed by atoms with van der Waals surface area (Å²) in [6, 6.07) is 1.55. The monoisotopic (exact) mass is 294 g/mol. The number of halogens is 5. The molecule has 0 aliphatic heterocycles. The van der Waals surface area contributed by atoms with Gasteiger partial charge in [-0.15, -0.1) is 0 Å². The minimum absolute atomic E-state index is 0.224. The molecule has 0 spiro atoms. The van der Waals surface area contributed by atoms with Crippen molar-refractivity contribution in [2.24, 2.45) is 0 Å². The molecule has 0 saturated heterocycles. The third-order valence-corrected chi connectivity index (χ3v) is 2.32. The maximum absolute atomic E-state index is 12.8. The third kappa shape index (κ3) is 3.40. The van der Waals surface area contributed by atoms with Crippen LogP contribution in [0.5, 0.6) is 0 Å². The predicted octanol–water partition coefficient (Wildman–Crippen LogP) is 2.63. The van der Waals surface area contributed by atoms with Gasteiger partial charge in [0.25, 0.3) is 6.43 Å². The second-order valence-corrected chi connectivity index (χ2v) is 3.58. The Labute approximate surface area is 109 Å². The van der Waals surface area contributed by atoms with Crippen LogP contribution in [0.2, 0.25) is 0 Å². The summed E-state index contributed by atoms with van der Waals surface area (Å²) in [6.07, 6.45) is -9.47. The van der Waals surface area contributed by atoms with Crippen molar-refractivity contribution in [2.45, 2.75) is 19.0 Å². The lowest BCUT2D eigenvalue weighted by Gasteiger charge is -2.15. The van der Waals surface area contributed by atoms with Crippen molar-refractivity contribution in [1.29, 1.82) is 5.26 Å². The van der Waals surface area contributed by atoms with Gasteiger partial charge in [-0.3, -0.25) is 4.79 Å². The average molecular weight is 294 g/mol. The first-order valence-corrected chi connectivity index (χ1v) is 5.06. The first-order chi connectivity index (χ1) is 9.20. The van der Waals surface area contributed by atoms with E-state index in [4.69, 9.17) is 5.26 Å². The second-order valence-electron chi connectivity index (χ2n) is 3.58. The number of hydrogen-bond donors (Lipinski definition) is 0. The number of carbonyl (C=O) groups is 1. The molecular weight excluding hydrogens is 287 g/mol. The number of nitriles is 1. The first kappa shape index (κ1) is 15.8. The largest absolute Gasteiger partial charge is 0.469 e. The number of nitrogens with zero attached hydrogens (tertiary/aromatic N) is 2. The molecule has 4 nitrogen and oxygen atoms in total. The molecule has 9 heteroatoms. The summed E-state index contributed by atoms with van der Waals surface area (Å²) in [5.74, 6) is -1.04. The summed E-state index contributed by atoms with van der Waals surface area (Å²) in [4.78, 5) is 14.4. The van der Waals surface area contributed by atoms with Crippen molar-refractivity contribution >= 4 is 5.97 Å². The quantitative estimate of drug-likeness (QED) is 0.635. The maximum atomic E-state index is 12.8. The number of methoxy groups -OCH3 is 1. The highest BCUT2D eigenvalue weighted by Gasteiger charge is 2.38. The molecule has 1 aromatic heterocycles. The zero-order valence-electron chi connectivity index (χ0n) is 9.96. The Morgan fingerprint density at radius 3 is 2.50 bits per heavy atom. The van der Waals surface area contributed by atoms with E-state index in [2.05, 4.69) is 9.72 Å². The zero-order valence-corrected chi connectivity index (χ0v) is 9.96. The van der Waals surface area contributed by atoms with Gasteiger partial charge in [-0.1, -0.05) is 0 Å². The van der Waals surface area contributed by atoms with Crippen molar-refractivity contribution in [3.63, 3.8) is 0 Å². The Morgan fingerprint density at radius 2 is 2.10 bits per heavy atom. The second kappa shape index (κ2) is 5.81. The molecule has 0 amide bonds. The van der Waals surface area contributed by atoms with Crippen molar-refractivity contribution in [3.05, 3.63) is 28.6 Å². The van der Waals surface area contributed by atoms with Crippen LogP contribution in [0.4, 0.5) is 22.0 Å². The van der Waals surface area contributed by atoms with E-state index in [1.807, 2.05) is 0 Å². The SMILES string of the molecule is COC(=O)Cc1nc(C#N)cc(C(F)(F)F)c1C(F)F. The van der Waals surface area contributed by atoms with Gasteiger partial charge in [-0.2, -0.15) is 18.4 Å². The van der Waals surface area contributed by atoms with Crippen LogP contribution in [0, 0.1) is 11.3 Å². The predicted molar refractivity (Wildman–Crippen MR) is 54.6 cm³/mol.